The average molecular weight is 204 g/mol. The first-order chi connectivity index (χ1) is 5.91. The van der Waals surface area contributed by atoms with Crippen molar-refractivity contribution < 1.29 is 17.6 Å². The summed E-state index contributed by atoms with van der Waals surface area (Å²) in [5.41, 5.74) is -0.745. The van der Waals surface area contributed by atoms with Gasteiger partial charge in [0.1, 0.15) is 0 Å². The molecule has 0 aliphatic heterocycles. The van der Waals surface area contributed by atoms with Gasteiger partial charge in [0.25, 0.3) is 0 Å². The molecule has 13 heavy (non-hydrogen) atoms. The Morgan fingerprint density at radius 3 is 2.38 bits per heavy atom. The summed E-state index contributed by atoms with van der Waals surface area (Å²) in [5, 5.41) is 0.264. The summed E-state index contributed by atoms with van der Waals surface area (Å²) in [4.78, 5) is 0. The highest BCUT2D eigenvalue weighted by Gasteiger charge is 2.30. The van der Waals surface area contributed by atoms with Crippen LogP contribution < -0.4 is 5.19 Å². The third kappa shape index (κ3) is 2.48. The van der Waals surface area contributed by atoms with Crippen LogP contribution in [-0.2, 0) is 10.6 Å². The lowest BCUT2D eigenvalue weighted by Crippen LogP contribution is -2.19. The van der Waals surface area contributed by atoms with E-state index in [2.05, 4.69) is 0 Å². The van der Waals surface area contributed by atoms with Crippen molar-refractivity contribution in [3.63, 3.8) is 0 Å². The number of rotatable bonds is 1. The maximum Gasteiger partial charge on any atom is 0.416 e. The molecule has 0 atom stereocenters. The van der Waals surface area contributed by atoms with Gasteiger partial charge in [0, 0.05) is 0 Å². The van der Waals surface area contributed by atoms with Crippen LogP contribution in [0.1, 0.15) is 5.56 Å². The van der Waals surface area contributed by atoms with E-state index >= 15 is 0 Å². The van der Waals surface area contributed by atoms with Gasteiger partial charge in [-0.2, -0.15) is 13.2 Å². The van der Waals surface area contributed by atoms with Crippen LogP contribution >= 0.6 is 0 Å². The summed E-state index contributed by atoms with van der Waals surface area (Å²) in [6.45, 7) is 1.42. The van der Waals surface area contributed by atoms with Crippen LogP contribution in [0.4, 0.5) is 13.2 Å². The normalized spacial score (nSPS) is 11.4. The van der Waals surface area contributed by atoms with Gasteiger partial charge < -0.3 is 4.46 Å². The van der Waals surface area contributed by atoms with Crippen molar-refractivity contribution in [3.05, 3.63) is 29.8 Å². The molecule has 0 N–H and O–H groups in total. The summed E-state index contributed by atoms with van der Waals surface area (Å²) < 4.78 is 47.4. The number of benzene rings is 1. The van der Waals surface area contributed by atoms with Gasteiger partial charge in [0.15, 0.2) is 0 Å². The van der Waals surface area contributed by atoms with Crippen LogP contribution in [0.5, 0.6) is 0 Å². The van der Waals surface area contributed by atoms with E-state index in [0.717, 1.165) is 12.1 Å². The van der Waals surface area contributed by atoms with Crippen LogP contribution in [0.2, 0.25) is 6.55 Å². The van der Waals surface area contributed by atoms with E-state index in [1.54, 1.807) is 0 Å². The molecule has 0 saturated heterocycles. The van der Waals surface area contributed by atoms with Crippen molar-refractivity contribution in [2.75, 3.05) is 0 Å². The first kappa shape index (κ1) is 10.1. The lowest BCUT2D eigenvalue weighted by atomic mass is 10.2. The van der Waals surface area contributed by atoms with E-state index in [0.29, 0.717) is 0 Å². The van der Waals surface area contributed by atoms with Gasteiger partial charge in [0.05, 0.1) is 5.56 Å². The number of alkyl halides is 3. The van der Waals surface area contributed by atoms with Crippen LogP contribution in [0.15, 0.2) is 24.3 Å². The molecule has 0 saturated carbocycles. The number of halogens is 3. The standard InChI is InChI=1S/C8H7F3OSi/c1-13(12)7-4-2-3-6(5-7)8(9,10)11/h2-5H,1H3. The second kappa shape index (κ2) is 3.41. The van der Waals surface area contributed by atoms with Crippen LogP contribution in [0, 0.1) is 0 Å². The van der Waals surface area contributed by atoms with Crippen LogP contribution in [0.3, 0.4) is 0 Å². The molecular weight excluding hydrogens is 197 g/mol. The molecule has 1 nitrogen and oxygen atoms in total. The van der Waals surface area contributed by atoms with E-state index in [-0.39, 0.29) is 5.19 Å². The van der Waals surface area contributed by atoms with Crippen LogP contribution in [-0.4, -0.2) is 8.68 Å². The monoisotopic (exact) mass is 204 g/mol. The summed E-state index contributed by atoms with van der Waals surface area (Å²) in [7, 11) is -2.04. The third-order valence-corrected chi connectivity index (χ3v) is 2.72. The Morgan fingerprint density at radius 1 is 1.31 bits per heavy atom. The molecule has 0 aliphatic rings. The molecule has 5 heteroatoms. The maximum absolute atomic E-state index is 12.1. The average Bonchev–Trinajstić information content (AvgIpc) is 2.03. The molecule has 1 aromatic rings. The summed E-state index contributed by atoms with van der Waals surface area (Å²) in [6, 6.07) is 4.61. The molecule has 0 aliphatic carbocycles. The maximum atomic E-state index is 12.1. The molecule has 0 fully saturated rings. The molecule has 0 unspecified atom stereocenters. The van der Waals surface area contributed by atoms with Gasteiger partial charge in [-0.1, -0.05) is 18.2 Å². The summed E-state index contributed by atoms with van der Waals surface area (Å²) >= 11 is 0. The van der Waals surface area contributed by atoms with E-state index in [9.17, 15) is 17.6 Å². The van der Waals surface area contributed by atoms with Gasteiger partial charge in [-0.05, 0) is 17.8 Å². The highest BCUT2D eigenvalue weighted by atomic mass is 28.3. The van der Waals surface area contributed by atoms with Gasteiger partial charge >= 0.3 is 14.9 Å². The SMILES string of the molecule is C[Si](=O)c1cccc(C(F)(F)F)c1. The predicted molar refractivity (Wildman–Crippen MR) is 43.4 cm³/mol. The molecule has 1 aromatic carbocycles. The summed E-state index contributed by atoms with van der Waals surface area (Å²) in [6.07, 6.45) is -4.35. The zero-order chi connectivity index (χ0) is 10.1. The first-order valence-corrected chi connectivity index (χ1v) is 5.50. The molecule has 1 rings (SSSR count). The van der Waals surface area contributed by atoms with Gasteiger partial charge in [-0.3, -0.25) is 0 Å². The molecule has 0 heterocycles. The Labute approximate surface area is 74.9 Å². The quantitative estimate of drug-likeness (QED) is 0.639. The predicted octanol–water partition coefficient (Wildman–Crippen LogP) is 1.96. The zero-order valence-corrected chi connectivity index (χ0v) is 7.85. The fourth-order valence-electron chi connectivity index (χ4n) is 0.915. The fourth-order valence-corrected chi connectivity index (χ4v) is 1.60. The Balaban J connectivity index is 3.13. The van der Waals surface area contributed by atoms with Gasteiger partial charge in [0.2, 0.25) is 0 Å². The van der Waals surface area contributed by atoms with Crippen LogP contribution in [0.25, 0.3) is 0 Å². The Hall–Kier alpha value is -0.973. The molecule has 0 bridgehead atoms. The minimum atomic E-state index is -4.35. The first-order valence-electron chi connectivity index (χ1n) is 3.59. The largest absolute Gasteiger partial charge is 0.416 e. The molecule has 0 amide bonds. The lowest BCUT2D eigenvalue weighted by Gasteiger charge is -2.06. The summed E-state index contributed by atoms with van der Waals surface area (Å²) in [5.74, 6) is 0. The highest BCUT2D eigenvalue weighted by molar-refractivity contribution is 6.58. The second-order valence-electron chi connectivity index (χ2n) is 2.63. The van der Waals surface area contributed by atoms with Crippen molar-refractivity contribution in [2.45, 2.75) is 12.7 Å². The van der Waals surface area contributed by atoms with Crippen molar-refractivity contribution >= 4 is 13.9 Å². The highest BCUT2D eigenvalue weighted by Crippen LogP contribution is 2.27. The molecular formula is C8H7F3OSi. The minimum absolute atomic E-state index is 0.264. The smallest absolute Gasteiger partial charge is 0.383 e. The van der Waals surface area contributed by atoms with E-state index in [1.807, 2.05) is 0 Å². The zero-order valence-electron chi connectivity index (χ0n) is 6.85. The van der Waals surface area contributed by atoms with Gasteiger partial charge in [-0.25, -0.2) is 0 Å². The second-order valence-corrected chi connectivity index (χ2v) is 4.32. The molecule has 70 valence electrons. The van der Waals surface area contributed by atoms with Crippen molar-refractivity contribution in [1.82, 2.24) is 0 Å². The van der Waals surface area contributed by atoms with E-state index in [1.165, 1.54) is 18.7 Å². The van der Waals surface area contributed by atoms with Gasteiger partial charge in [-0.15, -0.1) is 0 Å². The Morgan fingerprint density at radius 2 is 1.92 bits per heavy atom. The number of hydrogen-bond donors (Lipinski definition) is 0. The fraction of sp³-hybridized carbons (Fsp3) is 0.250. The molecule has 0 aromatic heterocycles. The van der Waals surface area contributed by atoms with Crippen molar-refractivity contribution in [3.8, 4) is 0 Å². The molecule has 0 spiro atoms. The van der Waals surface area contributed by atoms with E-state index in [4.69, 9.17) is 0 Å². The lowest BCUT2D eigenvalue weighted by molar-refractivity contribution is -0.137. The molecule has 0 radical (unpaired) electrons. The Bertz CT molecular complexity index is 332. The Kier molecular flexibility index (Phi) is 2.65. The number of hydrogen-bond acceptors (Lipinski definition) is 1. The third-order valence-electron chi connectivity index (χ3n) is 1.60. The minimum Gasteiger partial charge on any atom is -0.383 e. The van der Waals surface area contributed by atoms with Crippen molar-refractivity contribution in [1.29, 1.82) is 0 Å². The van der Waals surface area contributed by atoms with Crippen molar-refractivity contribution in [2.24, 2.45) is 0 Å². The van der Waals surface area contributed by atoms with E-state index < -0.39 is 20.4 Å². The topological polar surface area (TPSA) is 17.1 Å².